The zero-order chi connectivity index (χ0) is 16.9. The molecule has 126 valence electrons. The molecule has 0 spiro atoms. The molecule has 24 heavy (non-hydrogen) atoms. The monoisotopic (exact) mass is 330 g/mol. The molecule has 1 atom stereocenters. The van der Waals surface area contributed by atoms with Gasteiger partial charge in [-0.1, -0.05) is 0 Å². The summed E-state index contributed by atoms with van der Waals surface area (Å²) in [5.41, 5.74) is 0.0850. The van der Waals surface area contributed by atoms with Gasteiger partial charge < -0.3 is 19.4 Å². The normalized spacial score (nSPS) is 17.4. The van der Waals surface area contributed by atoms with Crippen molar-refractivity contribution < 1.29 is 14.3 Å². The van der Waals surface area contributed by atoms with Crippen molar-refractivity contribution in [2.45, 2.75) is 18.9 Å². The van der Waals surface area contributed by atoms with Gasteiger partial charge in [0, 0.05) is 36.6 Å². The molecule has 2 aromatic rings. The largest absolute Gasteiger partial charge is 0.472 e. The number of nitrogens with zero attached hydrogens (tertiary/aromatic N) is 3. The first-order valence-corrected chi connectivity index (χ1v) is 7.67. The Morgan fingerprint density at radius 1 is 1.42 bits per heavy atom. The lowest BCUT2D eigenvalue weighted by Gasteiger charge is -2.32. The predicted molar refractivity (Wildman–Crippen MR) is 85.2 cm³/mol. The summed E-state index contributed by atoms with van der Waals surface area (Å²) < 4.78 is 10.8. The van der Waals surface area contributed by atoms with Gasteiger partial charge in [-0.15, -0.1) is 0 Å². The van der Waals surface area contributed by atoms with Gasteiger partial charge in [0.1, 0.15) is 6.10 Å². The molecule has 2 aromatic heterocycles. The fraction of sp³-hybridized carbons (Fsp3) is 0.375. The number of nitrogens with one attached hydrogen (secondary N) is 1. The number of amides is 1. The average Bonchev–Trinajstić information content (AvgIpc) is 2.61. The standard InChI is InChI=1S/C16H18N4O4/c1-23-16-18-7-5-14(19-16)24-12-3-2-8-20(10-12)15(22)11-4-6-17-13(21)9-11/h4-7,9,12H,2-3,8,10H2,1H3,(H,17,21). The molecule has 1 aliphatic heterocycles. The molecule has 1 saturated heterocycles. The Bertz CT molecular complexity index is 776. The summed E-state index contributed by atoms with van der Waals surface area (Å²) in [6.07, 6.45) is 4.52. The minimum Gasteiger partial charge on any atom is -0.472 e. The maximum absolute atomic E-state index is 12.5. The molecular weight excluding hydrogens is 312 g/mol. The van der Waals surface area contributed by atoms with Crippen LogP contribution in [0.2, 0.25) is 0 Å². The molecule has 0 aromatic carbocycles. The van der Waals surface area contributed by atoms with E-state index < -0.39 is 0 Å². The van der Waals surface area contributed by atoms with Crippen LogP contribution < -0.4 is 15.0 Å². The lowest BCUT2D eigenvalue weighted by atomic mass is 10.1. The van der Waals surface area contributed by atoms with E-state index in [9.17, 15) is 9.59 Å². The molecule has 1 fully saturated rings. The highest BCUT2D eigenvalue weighted by Crippen LogP contribution is 2.19. The van der Waals surface area contributed by atoms with Gasteiger partial charge in [0.05, 0.1) is 13.7 Å². The van der Waals surface area contributed by atoms with Gasteiger partial charge in [0.2, 0.25) is 11.4 Å². The number of carbonyl (C=O) groups excluding carboxylic acids is 1. The van der Waals surface area contributed by atoms with E-state index >= 15 is 0 Å². The first-order valence-electron chi connectivity index (χ1n) is 7.67. The fourth-order valence-electron chi connectivity index (χ4n) is 2.64. The maximum Gasteiger partial charge on any atom is 0.319 e. The van der Waals surface area contributed by atoms with Crippen molar-refractivity contribution in [2.24, 2.45) is 0 Å². The molecule has 3 heterocycles. The molecule has 1 N–H and O–H groups in total. The molecule has 1 unspecified atom stereocenters. The van der Waals surface area contributed by atoms with Crippen LogP contribution in [0.25, 0.3) is 0 Å². The highest BCUT2D eigenvalue weighted by atomic mass is 16.5. The Hall–Kier alpha value is -2.90. The van der Waals surface area contributed by atoms with Crippen molar-refractivity contribution in [3.8, 4) is 11.9 Å². The van der Waals surface area contributed by atoms with Crippen LogP contribution in [0.3, 0.4) is 0 Å². The first kappa shape index (κ1) is 16.0. The Morgan fingerprint density at radius 3 is 3.08 bits per heavy atom. The number of likely N-dealkylation sites (tertiary alicyclic amines) is 1. The van der Waals surface area contributed by atoms with Crippen molar-refractivity contribution in [3.05, 3.63) is 46.5 Å². The number of ether oxygens (including phenoxy) is 2. The second kappa shape index (κ2) is 7.12. The van der Waals surface area contributed by atoms with Crippen LogP contribution in [-0.2, 0) is 0 Å². The molecule has 1 aliphatic rings. The van der Waals surface area contributed by atoms with Gasteiger partial charge in [-0.05, 0) is 18.9 Å². The van der Waals surface area contributed by atoms with Crippen molar-refractivity contribution >= 4 is 5.91 Å². The highest BCUT2D eigenvalue weighted by molar-refractivity contribution is 5.94. The third-order valence-electron chi connectivity index (χ3n) is 3.77. The predicted octanol–water partition coefficient (Wildman–Crippen LogP) is 0.857. The molecule has 0 aliphatic carbocycles. The number of pyridine rings is 1. The molecule has 1 amide bonds. The van der Waals surface area contributed by atoms with Crippen molar-refractivity contribution in [1.82, 2.24) is 19.9 Å². The van der Waals surface area contributed by atoms with Crippen LogP contribution in [0.5, 0.6) is 11.9 Å². The lowest BCUT2D eigenvalue weighted by molar-refractivity contribution is 0.0525. The first-order chi connectivity index (χ1) is 11.7. The zero-order valence-electron chi connectivity index (χ0n) is 13.3. The average molecular weight is 330 g/mol. The second-order valence-corrected chi connectivity index (χ2v) is 5.46. The van der Waals surface area contributed by atoms with Crippen molar-refractivity contribution in [1.29, 1.82) is 0 Å². The van der Waals surface area contributed by atoms with Crippen LogP contribution in [0.1, 0.15) is 23.2 Å². The number of hydrogen-bond acceptors (Lipinski definition) is 6. The maximum atomic E-state index is 12.5. The van der Waals surface area contributed by atoms with Crippen LogP contribution in [0.4, 0.5) is 0 Å². The van der Waals surface area contributed by atoms with E-state index in [0.29, 0.717) is 24.5 Å². The minimum atomic E-state index is -0.293. The summed E-state index contributed by atoms with van der Waals surface area (Å²) in [5.74, 6) is 0.243. The van der Waals surface area contributed by atoms with E-state index in [0.717, 1.165) is 12.8 Å². The SMILES string of the molecule is COc1nccc(OC2CCCN(C(=O)c3cc[nH]c(=O)c3)C2)n1. The quantitative estimate of drug-likeness (QED) is 0.893. The Morgan fingerprint density at radius 2 is 2.29 bits per heavy atom. The summed E-state index contributed by atoms with van der Waals surface area (Å²) in [4.78, 5) is 36.1. The van der Waals surface area contributed by atoms with Gasteiger partial charge in [-0.25, -0.2) is 4.98 Å². The Labute approximate surface area is 138 Å². The van der Waals surface area contributed by atoms with Gasteiger partial charge in [-0.2, -0.15) is 4.98 Å². The van der Waals surface area contributed by atoms with Gasteiger partial charge in [0.15, 0.2) is 0 Å². The second-order valence-electron chi connectivity index (χ2n) is 5.46. The van der Waals surface area contributed by atoms with Crippen molar-refractivity contribution in [2.75, 3.05) is 20.2 Å². The summed E-state index contributed by atoms with van der Waals surface area (Å²) in [6.45, 7) is 1.08. The van der Waals surface area contributed by atoms with E-state index in [1.165, 1.54) is 19.4 Å². The fourth-order valence-corrected chi connectivity index (χ4v) is 2.64. The number of piperidine rings is 1. The molecule has 3 rings (SSSR count). The molecular formula is C16H18N4O4. The minimum absolute atomic E-state index is 0.163. The summed E-state index contributed by atoms with van der Waals surface area (Å²) in [7, 11) is 1.49. The summed E-state index contributed by atoms with van der Waals surface area (Å²) in [5, 5.41) is 0. The third kappa shape index (κ3) is 3.70. The van der Waals surface area contributed by atoms with Crippen LogP contribution in [-0.4, -0.2) is 52.1 Å². The van der Waals surface area contributed by atoms with Crippen LogP contribution >= 0.6 is 0 Å². The van der Waals surface area contributed by atoms with Gasteiger partial charge >= 0.3 is 6.01 Å². The number of aromatic amines is 1. The lowest BCUT2D eigenvalue weighted by Crippen LogP contribution is -2.44. The van der Waals surface area contributed by atoms with E-state index in [1.807, 2.05) is 0 Å². The number of H-pyrrole nitrogens is 1. The molecule has 0 radical (unpaired) electrons. The van der Waals surface area contributed by atoms with Gasteiger partial charge in [0.25, 0.3) is 5.91 Å². The van der Waals surface area contributed by atoms with Crippen LogP contribution in [0, 0.1) is 0 Å². The van der Waals surface area contributed by atoms with E-state index in [1.54, 1.807) is 23.2 Å². The number of methoxy groups -OCH3 is 1. The summed E-state index contributed by atoms with van der Waals surface area (Å²) >= 11 is 0. The van der Waals surface area contributed by atoms with Crippen molar-refractivity contribution in [3.63, 3.8) is 0 Å². The summed E-state index contributed by atoms with van der Waals surface area (Å²) in [6, 6.07) is 4.80. The topological polar surface area (TPSA) is 97.4 Å². The molecule has 8 heteroatoms. The smallest absolute Gasteiger partial charge is 0.319 e. The molecule has 0 bridgehead atoms. The number of hydrogen-bond donors (Lipinski definition) is 1. The van der Waals surface area contributed by atoms with E-state index in [-0.39, 0.29) is 23.6 Å². The van der Waals surface area contributed by atoms with Gasteiger partial charge in [-0.3, -0.25) is 9.59 Å². The van der Waals surface area contributed by atoms with Crippen LogP contribution in [0.15, 0.2) is 35.4 Å². The molecule has 8 nitrogen and oxygen atoms in total. The van der Waals surface area contributed by atoms with E-state index in [2.05, 4.69) is 15.0 Å². The zero-order valence-corrected chi connectivity index (χ0v) is 13.3. The number of carbonyl (C=O) groups is 1. The Balaban J connectivity index is 1.67. The highest BCUT2D eigenvalue weighted by Gasteiger charge is 2.26. The number of rotatable bonds is 4. The Kier molecular flexibility index (Phi) is 4.74. The number of aromatic nitrogens is 3. The third-order valence-corrected chi connectivity index (χ3v) is 3.77. The van der Waals surface area contributed by atoms with E-state index in [4.69, 9.17) is 9.47 Å². The molecule has 0 saturated carbocycles.